The number of halogens is 4. The Labute approximate surface area is 113 Å². The maximum atomic E-state index is 11.8. The first-order valence-corrected chi connectivity index (χ1v) is 5.82. The molecule has 0 unspecified atom stereocenters. The molecule has 1 aromatic rings. The average molecular weight is 297 g/mol. The number of hydrogen-bond acceptors (Lipinski definition) is 3. The summed E-state index contributed by atoms with van der Waals surface area (Å²) in [6.45, 7) is -1.18. The molecule has 0 radical (unpaired) electrons. The third kappa shape index (κ3) is 6.45. The summed E-state index contributed by atoms with van der Waals surface area (Å²) in [4.78, 5) is 10.7. The van der Waals surface area contributed by atoms with Gasteiger partial charge in [0, 0.05) is 11.4 Å². The van der Waals surface area contributed by atoms with Crippen molar-refractivity contribution in [2.24, 2.45) is 0 Å². The van der Waals surface area contributed by atoms with Crippen LogP contribution in [0, 0.1) is 0 Å². The average Bonchev–Trinajstić information content (AvgIpc) is 2.33. The zero-order chi connectivity index (χ0) is 14.3. The lowest BCUT2D eigenvalue weighted by Crippen LogP contribution is -2.18. The molecule has 0 fully saturated rings. The van der Waals surface area contributed by atoms with Gasteiger partial charge in [0.2, 0.25) is 0 Å². The molecule has 0 N–H and O–H groups in total. The van der Waals surface area contributed by atoms with Crippen LogP contribution in [0.1, 0.15) is 16.8 Å². The second-order valence-corrected chi connectivity index (χ2v) is 4.11. The fourth-order valence-electron chi connectivity index (χ4n) is 1.27. The van der Waals surface area contributed by atoms with Crippen molar-refractivity contribution in [3.05, 3.63) is 28.8 Å². The highest BCUT2D eigenvalue weighted by atomic mass is 35.5. The van der Waals surface area contributed by atoms with E-state index >= 15 is 0 Å². The fourth-order valence-corrected chi connectivity index (χ4v) is 1.45. The molecule has 19 heavy (non-hydrogen) atoms. The van der Waals surface area contributed by atoms with Gasteiger partial charge in [-0.05, 0) is 18.2 Å². The van der Waals surface area contributed by atoms with E-state index in [2.05, 4.69) is 4.74 Å². The highest BCUT2D eigenvalue weighted by Gasteiger charge is 2.27. The monoisotopic (exact) mass is 296 g/mol. The van der Waals surface area contributed by atoms with Gasteiger partial charge in [-0.2, -0.15) is 13.2 Å². The number of rotatable bonds is 7. The summed E-state index contributed by atoms with van der Waals surface area (Å²) in [5.41, 5.74) is 0.295. The Morgan fingerprint density at radius 2 is 2.00 bits per heavy atom. The van der Waals surface area contributed by atoms with Crippen molar-refractivity contribution in [2.45, 2.75) is 12.6 Å². The van der Waals surface area contributed by atoms with Crippen LogP contribution in [0.3, 0.4) is 0 Å². The Kier molecular flexibility index (Phi) is 6.11. The molecule has 0 saturated carbocycles. The zero-order valence-corrected chi connectivity index (χ0v) is 10.6. The summed E-state index contributed by atoms with van der Waals surface area (Å²) >= 11 is 5.70. The third-order valence-electron chi connectivity index (χ3n) is 2.06. The van der Waals surface area contributed by atoms with E-state index in [1.807, 2.05) is 0 Å². The molecule has 0 amide bonds. The van der Waals surface area contributed by atoms with Crippen LogP contribution in [0.5, 0.6) is 5.75 Å². The van der Waals surface area contributed by atoms with Gasteiger partial charge in [-0.1, -0.05) is 11.6 Å². The number of alkyl halides is 3. The summed E-state index contributed by atoms with van der Waals surface area (Å²) in [5, 5.41) is 0.406. The van der Waals surface area contributed by atoms with E-state index in [-0.39, 0.29) is 19.6 Å². The van der Waals surface area contributed by atoms with Crippen LogP contribution in [0.2, 0.25) is 5.02 Å². The second kappa shape index (κ2) is 7.35. The van der Waals surface area contributed by atoms with Crippen molar-refractivity contribution in [3.8, 4) is 5.75 Å². The molecular formula is C12H12ClF3O3. The molecule has 0 atom stereocenters. The molecule has 0 aliphatic heterocycles. The lowest BCUT2D eigenvalue weighted by atomic mass is 10.2. The van der Waals surface area contributed by atoms with Crippen LogP contribution < -0.4 is 4.74 Å². The lowest BCUT2D eigenvalue weighted by Gasteiger charge is -2.10. The van der Waals surface area contributed by atoms with Gasteiger partial charge >= 0.3 is 6.18 Å². The molecule has 0 aliphatic rings. The molecule has 0 saturated heterocycles. The SMILES string of the molecule is O=Cc1cc(Cl)ccc1OCCCOCC(F)(F)F. The van der Waals surface area contributed by atoms with Crippen molar-refractivity contribution in [3.63, 3.8) is 0 Å². The largest absolute Gasteiger partial charge is 0.493 e. The van der Waals surface area contributed by atoms with Gasteiger partial charge in [0.15, 0.2) is 6.29 Å². The smallest absolute Gasteiger partial charge is 0.411 e. The van der Waals surface area contributed by atoms with Crippen LogP contribution in [-0.4, -0.2) is 32.3 Å². The molecule has 0 spiro atoms. The van der Waals surface area contributed by atoms with Crippen molar-refractivity contribution in [1.82, 2.24) is 0 Å². The highest BCUT2D eigenvalue weighted by Crippen LogP contribution is 2.21. The topological polar surface area (TPSA) is 35.5 Å². The van der Waals surface area contributed by atoms with Crippen LogP contribution in [0.25, 0.3) is 0 Å². The molecular weight excluding hydrogens is 285 g/mol. The maximum absolute atomic E-state index is 11.8. The van der Waals surface area contributed by atoms with Gasteiger partial charge in [-0.15, -0.1) is 0 Å². The molecule has 0 aliphatic carbocycles. The minimum Gasteiger partial charge on any atom is -0.493 e. The first-order valence-electron chi connectivity index (χ1n) is 5.44. The van der Waals surface area contributed by atoms with E-state index in [1.54, 1.807) is 6.07 Å². The van der Waals surface area contributed by atoms with E-state index in [0.29, 0.717) is 22.6 Å². The minimum absolute atomic E-state index is 0.0660. The van der Waals surface area contributed by atoms with E-state index in [9.17, 15) is 18.0 Å². The summed E-state index contributed by atoms with van der Waals surface area (Å²) in [7, 11) is 0. The summed E-state index contributed by atoms with van der Waals surface area (Å²) < 4.78 is 45.0. The van der Waals surface area contributed by atoms with Crippen LogP contribution >= 0.6 is 11.6 Å². The predicted molar refractivity (Wildman–Crippen MR) is 63.8 cm³/mol. The van der Waals surface area contributed by atoms with Gasteiger partial charge in [0.1, 0.15) is 12.4 Å². The van der Waals surface area contributed by atoms with Gasteiger partial charge in [-0.3, -0.25) is 4.79 Å². The van der Waals surface area contributed by atoms with Crippen molar-refractivity contribution in [2.75, 3.05) is 19.8 Å². The Morgan fingerprint density at radius 1 is 1.26 bits per heavy atom. The molecule has 3 nitrogen and oxygen atoms in total. The van der Waals surface area contributed by atoms with E-state index < -0.39 is 12.8 Å². The molecule has 0 aromatic heterocycles. The summed E-state index contributed by atoms with van der Waals surface area (Å²) in [6.07, 6.45) is -3.43. The quantitative estimate of drug-likeness (QED) is 0.570. The van der Waals surface area contributed by atoms with Crippen molar-refractivity contribution in [1.29, 1.82) is 0 Å². The fraction of sp³-hybridized carbons (Fsp3) is 0.417. The number of hydrogen-bond donors (Lipinski definition) is 0. The Hall–Kier alpha value is -1.27. The van der Waals surface area contributed by atoms with Crippen molar-refractivity contribution < 1.29 is 27.4 Å². The highest BCUT2D eigenvalue weighted by molar-refractivity contribution is 6.30. The van der Waals surface area contributed by atoms with Crippen LogP contribution in [0.15, 0.2) is 18.2 Å². The van der Waals surface area contributed by atoms with Gasteiger partial charge in [0.25, 0.3) is 0 Å². The first-order chi connectivity index (χ1) is 8.92. The zero-order valence-electron chi connectivity index (χ0n) is 9.87. The standard InChI is InChI=1S/C12H12ClF3O3/c13-10-2-3-11(9(6-10)7-17)19-5-1-4-18-8-12(14,15)16/h2-3,6-7H,1,4-5,8H2. The van der Waals surface area contributed by atoms with Gasteiger partial charge in [-0.25, -0.2) is 0 Å². The number of carbonyl (C=O) groups is 1. The molecule has 0 heterocycles. The normalized spacial score (nSPS) is 11.4. The van der Waals surface area contributed by atoms with E-state index in [1.165, 1.54) is 12.1 Å². The predicted octanol–water partition coefficient (Wildman–Crippen LogP) is 3.50. The van der Waals surface area contributed by atoms with Crippen LogP contribution in [0.4, 0.5) is 13.2 Å². The number of carbonyl (C=O) groups excluding carboxylic acids is 1. The number of ether oxygens (including phenoxy) is 2. The Balaban J connectivity index is 2.28. The summed E-state index contributed by atoms with van der Waals surface area (Å²) in [5.74, 6) is 0.343. The lowest BCUT2D eigenvalue weighted by molar-refractivity contribution is -0.174. The van der Waals surface area contributed by atoms with Crippen LogP contribution in [-0.2, 0) is 4.74 Å². The first kappa shape index (κ1) is 15.8. The van der Waals surface area contributed by atoms with E-state index in [0.717, 1.165) is 0 Å². The maximum Gasteiger partial charge on any atom is 0.411 e. The van der Waals surface area contributed by atoms with Gasteiger partial charge in [0.05, 0.1) is 18.8 Å². The van der Waals surface area contributed by atoms with Gasteiger partial charge < -0.3 is 9.47 Å². The van der Waals surface area contributed by atoms with Crippen molar-refractivity contribution >= 4 is 17.9 Å². The molecule has 1 rings (SSSR count). The van der Waals surface area contributed by atoms with E-state index in [4.69, 9.17) is 16.3 Å². The minimum atomic E-state index is -4.32. The molecule has 0 bridgehead atoms. The Morgan fingerprint density at radius 3 is 2.63 bits per heavy atom. The molecule has 1 aromatic carbocycles. The molecule has 106 valence electrons. The number of benzene rings is 1. The second-order valence-electron chi connectivity index (χ2n) is 3.67. The number of aldehydes is 1. The molecule has 7 heteroatoms. The third-order valence-corrected chi connectivity index (χ3v) is 2.29. The summed E-state index contributed by atoms with van der Waals surface area (Å²) in [6, 6.07) is 4.54. The Bertz CT molecular complexity index is 421.